The highest BCUT2D eigenvalue weighted by molar-refractivity contribution is 5.81. The van der Waals surface area contributed by atoms with Gasteiger partial charge in [0.1, 0.15) is 6.54 Å². The second-order valence-electron chi connectivity index (χ2n) is 3.38. The molecule has 0 radical (unpaired) electrons. The quantitative estimate of drug-likeness (QED) is 0.802. The minimum Gasteiger partial charge on any atom is -0.440 e. The maximum atomic E-state index is 11.7. The molecule has 0 saturated heterocycles. The lowest BCUT2D eigenvalue weighted by Crippen LogP contribution is -2.39. The van der Waals surface area contributed by atoms with Crippen LogP contribution in [0.1, 0.15) is 13.3 Å². The van der Waals surface area contributed by atoms with Gasteiger partial charge in [-0.1, -0.05) is 6.92 Å². The van der Waals surface area contributed by atoms with Crippen LogP contribution in [0.3, 0.4) is 0 Å². The Morgan fingerprint density at radius 1 is 1.35 bits per heavy atom. The van der Waals surface area contributed by atoms with E-state index in [1.165, 1.54) is 7.05 Å². The van der Waals surface area contributed by atoms with Gasteiger partial charge < -0.3 is 15.0 Å². The van der Waals surface area contributed by atoms with Crippen molar-refractivity contribution in [2.24, 2.45) is 0 Å². The number of likely N-dealkylation sites (N-methyl/N-ethyl adjacent to an activating group) is 1. The van der Waals surface area contributed by atoms with Crippen LogP contribution in [0.15, 0.2) is 0 Å². The average Bonchev–Trinajstić information content (AvgIpc) is 2.21. The molecule has 0 aromatic heterocycles. The number of hydrogen-bond acceptors (Lipinski definition) is 3. The molecule has 0 unspecified atom stereocenters. The first kappa shape index (κ1) is 15.5. The van der Waals surface area contributed by atoms with Crippen molar-refractivity contribution in [3.05, 3.63) is 0 Å². The molecular formula is C9H15F3N2O3. The van der Waals surface area contributed by atoms with Gasteiger partial charge in [0.2, 0.25) is 5.91 Å². The van der Waals surface area contributed by atoms with Crippen LogP contribution in [-0.2, 0) is 9.53 Å². The van der Waals surface area contributed by atoms with Crippen molar-refractivity contribution in [1.82, 2.24) is 10.2 Å². The molecule has 2 amide bonds. The molecule has 0 aliphatic heterocycles. The summed E-state index contributed by atoms with van der Waals surface area (Å²) in [6, 6.07) is 0. The molecule has 0 saturated carbocycles. The molecule has 0 aliphatic rings. The van der Waals surface area contributed by atoms with Gasteiger partial charge in [0.05, 0.1) is 0 Å². The topological polar surface area (TPSA) is 58.6 Å². The molecule has 0 heterocycles. The fourth-order valence-electron chi connectivity index (χ4n) is 0.854. The van der Waals surface area contributed by atoms with Gasteiger partial charge in [-0.3, -0.25) is 4.79 Å². The molecular weight excluding hydrogens is 241 g/mol. The summed E-state index contributed by atoms with van der Waals surface area (Å²) in [7, 11) is 1.18. The Kier molecular flexibility index (Phi) is 6.37. The van der Waals surface area contributed by atoms with Crippen LogP contribution in [0.25, 0.3) is 0 Å². The van der Waals surface area contributed by atoms with E-state index in [0.29, 0.717) is 6.54 Å². The third-order valence-corrected chi connectivity index (χ3v) is 1.62. The van der Waals surface area contributed by atoms with Gasteiger partial charge in [0.15, 0.2) is 6.61 Å². The van der Waals surface area contributed by atoms with E-state index in [9.17, 15) is 22.8 Å². The second-order valence-corrected chi connectivity index (χ2v) is 3.38. The number of rotatable bonds is 5. The van der Waals surface area contributed by atoms with Gasteiger partial charge in [-0.25, -0.2) is 4.79 Å². The van der Waals surface area contributed by atoms with Gasteiger partial charge in [0, 0.05) is 13.6 Å². The van der Waals surface area contributed by atoms with Gasteiger partial charge in [-0.05, 0) is 6.42 Å². The summed E-state index contributed by atoms with van der Waals surface area (Å²) in [6.45, 7) is 0.301. The molecule has 0 aromatic rings. The maximum Gasteiger partial charge on any atom is 0.422 e. The lowest BCUT2D eigenvalue weighted by Gasteiger charge is -2.17. The van der Waals surface area contributed by atoms with Gasteiger partial charge in [-0.2, -0.15) is 13.2 Å². The number of alkyl halides is 3. The van der Waals surface area contributed by atoms with E-state index in [1.807, 2.05) is 6.92 Å². The number of halogens is 3. The Hall–Kier alpha value is -1.47. The minimum absolute atomic E-state index is 0.337. The molecule has 0 fully saturated rings. The predicted molar refractivity (Wildman–Crippen MR) is 53.3 cm³/mol. The molecule has 0 atom stereocenters. The zero-order valence-electron chi connectivity index (χ0n) is 9.63. The zero-order valence-corrected chi connectivity index (χ0v) is 9.63. The van der Waals surface area contributed by atoms with Crippen LogP contribution in [0.2, 0.25) is 0 Å². The summed E-state index contributed by atoms with van der Waals surface area (Å²) in [5.41, 5.74) is 0. The van der Waals surface area contributed by atoms with E-state index in [0.717, 1.165) is 11.3 Å². The Balaban J connectivity index is 3.93. The first-order chi connectivity index (χ1) is 7.76. The normalized spacial score (nSPS) is 10.9. The fourth-order valence-corrected chi connectivity index (χ4v) is 0.854. The van der Waals surface area contributed by atoms with Gasteiger partial charge >= 0.3 is 12.3 Å². The molecule has 0 bridgehead atoms. The van der Waals surface area contributed by atoms with Crippen LogP contribution in [0.4, 0.5) is 18.0 Å². The van der Waals surface area contributed by atoms with E-state index in [1.54, 1.807) is 0 Å². The average molecular weight is 256 g/mol. The summed E-state index contributed by atoms with van der Waals surface area (Å²) < 4.78 is 39.2. The SMILES string of the molecule is CCCNC(=O)CN(C)C(=O)OCC(F)(F)F. The molecule has 5 nitrogen and oxygen atoms in total. The van der Waals surface area contributed by atoms with E-state index in [-0.39, 0.29) is 6.54 Å². The summed E-state index contributed by atoms with van der Waals surface area (Å²) in [5, 5.41) is 2.48. The Morgan fingerprint density at radius 3 is 2.41 bits per heavy atom. The Labute approximate surface area is 96.9 Å². The largest absolute Gasteiger partial charge is 0.440 e. The molecule has 8 heteroatoms. The summed E-state index contributed by atoms with van der Waals surface area (Å²) in [5.74, 6) is -0.446. The van der Waals surface area contributed by atoms with E-state index in [2.05, 4.69) is 10.1 Å². The highest BCUT2D eigenvalue weighted by Gasteiger charge is 2.30. The number of nitrogens with one attached hydrogen (secondary N) is 1. The number of carbonyl (C=O) groups is 2. The summed E-state index contributed by atoms with van der Waals surface area (Å²) in [6.07, 6.45) is -5.02. The van der Waals surface area contributed by atoms with E-state index < -0.39 is 24.8 Å². The maximum absolute atomic E-state index is 11.7. The van der Waals surface area contributed by atoms with Crippen LogP contribution < -0.4 is 5.32 Å². The van der Waals surface area contributed by atoms with Crippen molar-refractivity contribution in [3.8, 4) is 0 Å². The standard InChI is InChI=1S/C9H15F3N2O3/c1-3-4-13-7(15)5-14(2)8(16)17-6-9(10,11)12/h3-6H2,1-2H3,(H,13,15). The number of hydrogen-bond donors (Lipinski definition) is 1. The highest BCUT2D eigenvalue weighted by Crippen LogP contribution is 2.14. The molecule has 0 aromatic carbocycles. The fraction of sp³-hybridized carbons (Fsp3) is 0.778. The Bertz CT molecular complexity index is 269. The smallest absolute Gasteiger partial charge is 0.422 e. The monoisotopic (exact) mass is 256 g/mol. The molecule has 1 N–H and O–H groups in total. The third kappa shape index (κ3) is 8.35. The van der Waals surface area contributed by atoms with Gasteiger partial charge in [0.25, 0.3) is 0 Å². The van der Waals surface area contributed by atoms with Crippen molar-refractivity contribution >= 4 is 12.0 Å². The second kappa shape index (κ2) is 6.97. The van der Waals surface area contributed by atoms with Crippen LogP contribution in [0.5, 0.6) is 0 Å². The van der Waals surface area contributed by atoms with Gasteiger partial charge in [-0.15, -0.1) is 0 Å². The van der Waals surface area contributed by atoms with Crippen LogP contribution in [0, 0.1) is 0 Å². The molecule has 0 aliphatic carbocycles. The van der Waals surface area contributed by atoms with E-state index >= 15 is 0 Å². The Morgan fingerprint density at radius 2 is 1.94 bits per heavy atom. The molecule has 0 spiro atoms. The first-order valence-electron chi connectivity index (χ1n) is 4.97. The molecule has 0 rings (SSSR count). The summed E-state index contributed by atoms with van der Waals surface area (Å²) >= 11 is 0. The van der Waals surface area contributed by atoms with Crippen molar-refractivity contribution in [2.45, 2.75) is 19.5 Å². The van der Waals surface area contributed by atoms with Crippen LogP contribution in [-0.4, -0.2) is 49.8 Å². The third-order valence-electron chi connectivity index (χ3n) is 1.62. The van der Waals surface area contributed by atoms with Crippen molar-refractivity contribution in [2.75, 3.05) is 26.7 Å². The lowest BCUT2D eigenvalue weighted by molar-refractivity contribution is -0.162. The van der Waals surface area contributed by atoms with Crippen molar-refractivity contribution in [3.63, 3.8) is 0 Å². The number of carbonyl (C=O) groups excluding carboxylic acids is 2. The zero-order chi connectivity index (χ0) is 13.5. The number of ether oxygens (including phenoxy) is 1. The highest BCUT2D eigenvalue weighted by atomic mass is 19.4. The number of nitrogens with zero attached hydrogens (tertiary/aromatic N) is 1. The van der Waals surface area contributed by atoms with Crippen LogP contribution >= 0.6 is 0 Å². The molecule has 100 valence electrons. The number of amides is 2. The van der Waals surface area contributed by atoms with Crippen molar-refractivity contribution < 1.29 is 27.5 Å². The predicted octanol–water partition coefficient (Wildman–Crippen LogP) is 1.14. The first-order valence-corrected chi connectivity index (χ1v) is 4.97. The minimum atomic E-state index is -4.57. The van der Waals surface area contributed by atoms with Crippen molar-refractivity contribution in [1.29, 1.82) is 0 Å². The molecule has 17 heavy (non-hydrogen) atoms. The summed E-state index contributed by atoms with van der Waals surface area (Å²) in [4.78, 5) is 22.9. The lowest BCUT2D eigenvalue weighted by atomic mass is 10.4. The van der Waals surface area contributed by atoms with E-state index in [4.69, 9.17) is 0 Å².